The Morgan fingerprint density at radius 2 is 1.82 bits per heavy atom. The molecule has 1 heterocycles. The van der Waals surface area contributed by atoms with Crippen LogP contribution in [0.1, 0.15) is 62.6 Å². The van der Waals surface area contributed by atoms with Gasteiger partial charge in [0, 0.05) is 30.1 Å². The molecule has 0 aromatic heterocycles. The zero-order valence-corrected chi connectivity index (χ0v) is 20.2. The van der Waals surface area contributed by atoms with E-state index < -0.39 is 0 Å². The van der Waals surface area contributed by atoms with Crippen molar-refractivity contribution in [2.24, 2.45) is 11.8 Å². The van der Waals surface area contributed by atoms with Crippen molar-refractivity contribution in [2.75, 3.05) is 18.1 Å². The molecule has 0 unspecified atom stereocenters. The van der Waals surface area contributed by atoms with Crippen molar-refractivity contribution < 1.29 is 14.3 Å². The third kappa shape index (κ3) is 5.76. The molecule has 2 aromatic rings. The van der Waals surface area contributed by atoms with Gasteiger partial charge in [-0.3, -0.25) is 9.59 Å². The van der Waals surface area contributed by atoms with E-state index in [1.54, 1.807) is 0 Å². The average molecular weight is 449 g/mol. The zero-order chi connectivity index (χ0) is 23.4. The summed E-state index contributed by atoms with van der Waals surface area (Å²) in [5.74, 6) is 1.61. The van der Waals surface area contributed by atoms with E-state index in [2.05, 4.69) is 6.07 Å². The predicted octanol–water partition coefficient (Wildman–Crippen LogP) is 5.49. The summed E-state index contributed by atoms with van der Waals surface area (Å²) in [6, 6.07) is 14.2. The second-order valence-electron chi connectivity index (χ2n) is 9.88. The lowest BCUT2D eigenvalue weighted by molar-refractivity contribution is -0.133. The van der Waals surface area contributed by atoms with Crippen LogP contribution in [-0.4, -0.2) is 29.9 Å². The highest BCUT2D eigenvalue weighted by molar-refractivity contribution is 5.94. The van der Waals surface area contributed by atoms with Crippen LogP contribution < -0.4 is 9.64 Å². The number of benzene rings is 2. The molecule has 0 radical (unpaired) electrons. The van der Waals surface area contributed by atoms with E-state index in [4.69, 9.17) is 4.74 Å². The maximum atomic E-state index is 13.0. The smallest absolute Gasteiger partial charge is 0.229 e. The van der Waals surface area contributed by atoms with Gasteiger partial charge in [0.2, 0.25) is 11.8 Å². The number of rotatable bonds is 6. The Labute approximate surface area is 197 Å². The van der Waals surface area contributed by atoms with Crippen molar-refractivity contribution in [1.82, 2.24) is 4.90 Å². The van der Waals surface area contributed by atoms with Crippen molar-refractivity contribution >= 4 is 17.5 Å². The van der Waals surface area contributed by atoms with Crippen LogP contribution in [0.25, 0.3) is 0 Å². The molecule has 0 atom stereocenters. The van der Waals surface area contributed by atoms with Crippen LogP contribution in [0, 0.1) is 18.8 Å². The third-order valence-electron chi connectivity index (χ3n) is 6.84. The van der Waals surface area contributed by atoms with Gasteiger partial charge in [-0.1, -0.05) is 50.5 Å². The Hall–Kier alpha value is -2.82. The highest BCUT2D eigenvalue weighted by atomic mass is 16.5. The van der Waals surface area contributed by atoms with Gasteiger partial charge >= 0.3 is 0 Å². The van der Waals surface area contributed by atoms with Gasteiger partial charge in [0.15, 0.2) is 0 Å². The number of nitrogens with zero attached hydrogens (tertiary/aromatic N) is 2. The van der Waals surface area contributed by atoms with Crippen molar-refractivity contribution in [3.8, 4) is 5.75 Å². The minimum absolute atomic E-state index is 0.0958. The van der Waals surface area contributed by atoms with E-state index in [9.17, 15) is 9.59 Å². The SMILES string of the molecule is Cc1ccc(N(Cc2ccc3c(c2)CN(C(=O)CC2CCCC2)CCO3)C(=O)C(C)C)cc1. The molecule has 5 heteroatoms. The Kier molecular flexibility index (Phi) is 7.36. The molecule has 0 saturated heterocycles. The van der Waals surface area contributed by atoms with Gasteiger partial charge in [0.25, 0.3) is 0 Å². The molecule has 2 amide bonds. The van der Waals surface area contributed by atoms with Gasteiger partial charge in [0.05, 0.1) is 13.1 Å². The first-order valence-electron chi connectivity index (χ1n) is 12.3. The standard InChI is InChI=1S/C28H36N2O3/c1-20(2)28(32)30(25-11-8-21(3)9-12-25)18-23-10-13-26-24(16-23)19-29(14-15-33-26)27(31)17-22-6-4-5-7-22/h8-13,16,20,22H,4-7,14-15,17-19H2,1-3H3. The molecule has 5 nitrogen and oxygen atoms in total. The molecule has 4 rings (SSSR count). The Morgan fingerprint density at radius 1 is 1.09 bits per heavy atom. The topological polar surface area (TPSA) is 49.9 Å². The van der Waals surface area contributed by atoms with Crippen molar-refractivity contribution in [3.05, 3.63) is 59.2 Å². The number of anilines is 1. The maximum Gasteiger partial charge on any atom is 0.229 e. The lowest BCUT2D eigenvalue weighted by Crippen LogP contribution is -2.34. The molecule has 33 heavy (non-hydrogen) atoms. The van der Waals surface area contributed by atoms with Gasteiger partial charge < -0.3 is 14.5 Å². The van der Waals surface area contributed by atoms with E-state index in [-0.39, 0.29) is 17.7 Å². The monoisotopic (exact) mass is 448 g/mol. The number of carbonyl (C=O) groups is 2. The predicted molar refractivity (Wildman–Crippen MR) is 131 cm³/mol. The molecule has 0 N–H and O–H groups in total. The number of aryl methyl sites for hydroxylation is 1. The first-order chi connectivity index (χ1) is 15.9. The summed E-state index contributed by atoms with van der Waals surface area (Å²) < 4.78 is 5.97. The molecule has 1 aliphatic carbocycles. The van der Waals surface area contributed by atoms with Gasteiger partial charge in [-0.15, -0.1) is 0 Å². The Bertz CT molecular complexity index is 977. The number of carbonyl (C=O) groups excluding carboxylic acids is 2. The van der Waals surface area contributed by atoms with E-state index in [1.165, 1.54) is 31.2 Å². The molecule has 1 aliphatic heterocycles. The molecule has 0 bridgehead atoms. The van der Waals surface area contributed by atoms with E-state index in [1.807, 2.05) is 67.0 Å². The Balaban J connectivity index is 1.53. The minimum atomic E-state index is -0.0980. The van der Waals surface area contributed by atoms with E-state index in [0.29, 0.717) is 38.6 Å². The van der Waals surface area contributed by atoms with Crippen LogP contribution >= 0.6 is 0 Å². The number of hydrogen-bond donors (Lipinski definition) is 0. The number of fused-ring (bicyclic) bond motifs is 1. The lowest BCUT2D eigenvalue weighted by Gasteiger charge is -2.26. The first kappa shape index (κ1) is 23.3. The highest BCUT2D eigenvalue weighted by Crippen LogP contribution is 2.30. The van der Waals surface area contributed by atoms with Crippen LogP contribution in [-0.2, 0) is 22.7 Å². The fourth-order valence-electron chi connectivity index (χ4n) is 4.86. The van der Waals surface area contributed by atoms with E-state index in [0.717, 1.165) is 22.6 Å². The van der Waals surface area contributed by atoms with Gasteiger partial charge in [-0.05, 0) is 55.5 Å². The number of ether oxygens (including phenoxy) is 1. The summed E-state index contributed by atoms with van der Waals surface area (Å²) in [4.78, 5) is 29.8. The molecule has 0 spiro atoms. The van der Waals surface area contributed by atoms with Crippen LogP contribution in [0.3, 0.4) is 0 Å². The summed E-state index contributed by atoms with van der Waals surface area (Å²) in [5, 5.41) is 0. The fourth-order valence-corrected chi connectivity index (χ4v) is 4.86. The summed E-state index contributed by atoms with van der Waals surface area (Å²) >= 11 is 0. The quantitative estimate of drug-likeness (QED) is 0.587. The van der Waals surface area contributed by atoms with Gasteiger partial charge in [-0.25, -0.2) is 0 Å². The first-order valence-corrected chi connectivity index (χ1v) is 12.3. The van der Waals surface area contributed by atoms with Gasteiger partial charge in [-0.2, -0.15) is 0 Å². The second-order valence-corrected chi connectivity index (χ2v) is 9.88. The van der Waals surface area contributed by atoms with Crippen molar-refractivity contribution in [1.29, 1.82) is 0 Å². The summed E-state index contributed by atoms with van der Waals surface area (Å²) in [6.07, 6.45) is 5.50. The molecular formula is C28H36N2O3. The molecule has 176 valence electrons. The lowest BCUT2D eigenvalue weighted by atomic mass is 10.0. The van der Waals surface area contributed by atoms with Crippen molar-refractivity contribution in [3.63, 3.8) is 0 Å². The molecule has 1 fully saturated rings. The molecule has 2 aromatic carbocycles. The summed E-state index contributed by atoms with van der Waals surface area (Å²) in [5.41, 5.74) is 4.13. The molecule has 2 aliphatic rings. The number of amides is 2. The largest absolute Gasteiger partial charge is 0.491 e. The summed E-state index contributed by atoms with van der Waals surface area (Å²) in [7, 11) is 0. The third-order valence-corrected chi connectivity index (χ3v) is 6.84. The van der Waals surface area contributed by atoms with Gasteiger partial charge in [0.1, 0.15) is 12.4 Å². The average Bonchev–Trinajstić information content (AvgIpc) is 3.21. The molecule has 1 saturated carbocycles. The van der Waals surface area contributed by atoms with Crippen LogP contribution in [0.4, 0.5) is 5.69 Å². The zero-order valence-electron chi connectivity index (χ0n) is 20.2. The van der Waals surface area contributed by atoms with E-state index >= 15 is 0 Å². The molecular weight excluding hydrogens is 412 g/mol. The second kappa shape index (κ2) is 10.4. The van der Waals surface area contributed by atoms with Crippen molar-refractivity contribution in [2.45, 2.75) is 66.0 Å². The van der Waals surface area contributed by atoms with Crippen LogP contribution in [0.15, 0.2) is 42.5 Å². The fraction of sp³-hybridized carbons (Fsp3) is 0.500. The number of hydrogen-bond acceptors (Lipinski definition) is 3. The maximum absolute atomic E-state index is 13.0. The Morgan fingerprint density at radius 3 is 2.52 bits per heavy atom. The normalized spacial score (nSPS) is 16.3. The summed E-state index contributed by atoms with van der Waals surface area (Å²) in [6.45, 7) is 8.11. The minimum Gasteiger partial charge on any atom is -0.491 e. The highest BCUT2D eigenvalue weighted by Gasteiger charge is 2.25. The van der Waals surface area contributed by atoms with Crippen LogP contribution in [0.5, 0.6) is 5.75 Å². The van der Waals surface area contributed by atoms with Crippen LogP contribution in [0.2, 0.25) is 0 Å².